The van der Waals surface area contributed by atoms with Gasteiger partial charge in [-0.2, -0.15) is 0 Å². The Kier molecular flexibility index (Phi) is 8.68. The summed E-state index contributed by atoms with van der Waals surface area (Å²) in [5.74, 6) is 0.378. The molecule has 45 heavy (non-hydrogen) atoms. The Hall–Kier alpha value is -3.64. The van der Waals surface area contributed by atoms with Gasteiger partial charge < -0.3 is 15.1 Å². The zero-order valence-corrected chi connectivity index (χ0v) is 26.9. The predicted molar refractivity (Wildman–Crippen MR) is 182 cm³/mol. The molecular weight excluding hydrogens is 556 g/mol. The monoisotopic (exact) mass is 604 g/mol. The van der Waals surface area contributed by atoms with E-state index in [0.29, 0.717) is 12.6 Å². The van der Waals surface area contributed by atoms with Crippen LogP contribution in [0.25, 0.3) is 11.1 Å². The molecule has 2 aliphatic carbocycles. The lowest BCUT2D eigenvalue weighted by Crippen LogP contribution is -2.47. The minimum atomic E-state index is -0.627. The number of hydrogen-bond acceptors (Lipinski definition) is 4. The van der Waals surface area contributed by atoms with E-state index in [1.165, 1.54) is 41.6 Å². The molecule has 0 radical (unpaired) electrons. The van der Waals surface area contributed by atoms with Gasteiger partial charge in [-0.15, -0.1) is 0 Å². The maximum absolute atomic E-state index is 13.8. The van der Waals surface area contributed by atoms with E-state index in [2.05, 4.69) is 86.7 Å². The SMILES string of the molecule is CCNC(=O)C1(CCCCN2CCN(c3ccc4c(c3)C(=O)N(C3CCCCC3)CC4)CC2)c2ccccc2-c2ccccc21. The standard InChI is InChI=1S/C39H48N4O2/c1-2-40-38(45)39(35-16-8-6-14-32(35)33-15-7-9-17-36(33)39)21-10-11-22-41-24-26-42(27-25-41)31-19-18-29-20-23-43(37(44)34(29)28-31)30-12-4-3-5-13-30/h6-9,14-19,28,30H,2-5,10-13,20-27H2,1H3,(H,40,45). The summed E-state index contributed by atoms with van der Waals surface area (Å²) in [7, 11) is 0. The number of nitrogens with one attached hydrogen (secondary N) is 1. The third-order valence-corrected chi connectivity index (χ3v) is 11.0. The fourth-order valence-electron chi connectivity index (χ4n) is 8.64. The van der Waals surface area contributed by atoms with E-state index in [0.717, 1.165) is 94.5 Å². The summed E-state index contributed by atoms with van der Waals surface area (Å²) in [6, 6.07) is 24.0. The molecule has 0 aromatic heterocycles. The van der Waals surface area contributed by atoms with Crippen LogP contribution in [0.4, 0.5) is 5.69 Å². The Morgan fingerprint density at radius 1 is 0.822 bits per heavy atom. The first-order valence-corrected chi connectivity index (χ1v) is 17.5. The van der Waals surface area contributed by atoms with Crippen LogP contribution in [-0.4, -0.2) is 73.5 Å². The molecule has 1 saturated heterocycles. The number of fused-ring (bicyclic) bond motifs is 4. The molecule has 2 fully saturated rings. The molecule has 3 aromatic carbocycles. The molecule has 7 rings (SSSR count). The number of unbranched alkanes of at least 4 members (excludes halogenated alkanes) is 1. The third-order valence-electron chi connectivity index (χ3n) is 11.0. The molecule has 0 atom stereocenters. The Morgan fingerprint density at radius 3 is 2.20 bits per heavy atom. The van der Waals surface area contributed by atoms with Gasteiger partial charge in [-0.25, -0.2) is 0 Å². The number of nitrogens with zero attached hydrogens (tertiary/aromatic N) is 3. The van der Waals surface area contributed by atoms with Crippen LogP contribution in [0.3, 0.4) is 0 Å². The van der Waals surface area contributed by atoms with Crippen molar-refractivity contribution in [1.82, 2.24) is 15.1 Å². The molecule has 4 aliphatic rings. The molecule has 6 heteroatoms. The van der Waals surface area contributed by atoms with Crippen molar-refractivity contribution in [3.63, 3.8) is 0 Å². The van der Waals surface area contributed by atoms with E-state index in [-0.39, 0.29) is 11.8 Å². The molecule has 3 aromatic rings. The normalized spacial score (nSPS) is 19.6. The minimum Gasteiger partial charge on any atom is -0.369 e. The molecule has 0 spiro atoms. The number of carbonyl (C=O) groups is 2. The van der Waals surface area contributed by atoms with E-state index in [4.69, 9.17) is 0 Å². The van der Waals surface area contributed by atoms with Crippen molar-refractivity contribution in [2.45, 2.75) is 76.2 Å². The van der Waals surface area contributed by atoms with E-state index < -0.39 is 5.41 Å². The molecule has 2 heterocycles. The van der Waals surface area contributed by atoms with Crippen molar-refractivity contribution >= 4 is 17.5 Å². The molecule has 236 valence electrons. The Bertz CT molecular complexity index is 1490. The highest BCUT2D eigenvalue weighted by Crippen LogP contribution is 2.51. The second-order valence-electron chi connectivity index (χ2n) is 13.5. The van der Waals surface area contributed by atoms with Crippen LogP contribution in [-0.2, 0) is 16.6 Å². The van der Waals surface area contributed by atoms with Crippen molar-refractivity contribution < 1.29 is 9.59 Å². The van der Waals surface area contributed by atoms with Crippen LogP contribution in [0.5, 0.6) is 0 Å². The van der Waals surface area contributed by atoms with E-state index in [1.54, 1.807) is 0 Å². The van der Waals surface area contributed by atoms with Gasteiger partial charge >= 0.3 is 0 Å². The highest BCUT2D eigenvalue weighted by Gasteiger charge is 2.48. The van der Waals surface area contributed by atoms with Gasteiger partial charge in [0.2, 0.25) is 5.91 Å². The van der Waals surface area contributed by atoms with E-state index in [1.807, 2.05) is 6.92 Å². The summed E-state index contributed by atoms with van der Waals surface area (Å²) in [5, 5.41) is 3.18. The van der Waals surface area contributed by atoms with Crippen molar-refractivity contribution in [2.24, 2.45) is 0 Å². The number of piperazine rings is 1. The number of amides is 2. The summed E-state index contributed by atoms with van der Waals surface area (Å²) < 4.78 is 0. The number of anilines is 1. The fourth-order valence-corrected chi connectivity index (χ4v) is 8.64. The van der Waals surface area contributed by atoms with Gasteiger partial charge in [-0.1, -0.05) is 80.3 Å². The highest BCUT2D eigenvalue weighted by atomic mass is 16.2. The lowest BCUT2D eigenvalue weighted by atomic mass is 9.73. The van der Waals surface area contributed by atoms with Crippen molar-refractivity contribution in [3.8, 4) is 11.1 Å². The van der Waals surface area contributed by atoms with Crippen molar-refractivity contribution in [3.05, 3.63) is 89.0 Å². The van der Waals surface area contributed by atoms with Crippen LogP contribution in [0.2, 0.25) is 0 Å². The molecule has 2 amide bonds. The zero-order chi connectivity index (χ0) is 30.8. The summed E-state index contributed by atoms with van der Waals surface area (Å²) in [6.45, 7) is 8.54. The van der Waals surface area contributed by atoms with Gasteiger partial charge in [0.1, 0.15) is 5.41 Å². The predicted octanol–water partition coefficient (Wildman–Crippen LogP) is 6.41. The van der Waals surface area contributed by atoms with Gasteiger partial charge in [0, 0.05) is 56.6 Å². The average molecular weight is 605 g/mol. The second-order valence-corrected chi connectivity index (χ2v) is 13.5. The summed E-state index contributed by atoms with van der Waals surface area (Å²) in [5.41, 5.74) is 7.40. The quantitative estimate of drug-likeness (QED) is 0.287. The molecule has 1 saturated carbocycles. The molecular formula is C39H48N4O2. The zero-order valence-electron chi connectivity index (χ0n) is 26.9. The first kappa shape index (κ1) is 30.0. The Labute approximate surface area is 268 Å². The molecule has 0 unspecified atom stereocenters. The average Bonchev–Trinajstić information content (AvgIpc) is 3.38. The maximum atomic E-state index is 13.8. The smallest absolute Gasteiger partial charge is 0.254 e. The summed E-state index contributed by atoms with van der Waals surface area (Å²) >= 11 is 0. The highest BCUT2D eigenvalue weighted by molar-refractivity contribution is 6.00. The first-order valence-electron chi connectivity index (χ1n) is 17.5. The van der Waals surface area contributed by atoms with Crippen LogP contribution < -0.4 is 10.2 Å². The van der Waals surface area contributed by atoms with Gasteiger partial charge in [0.05, 0.1) is 0 Å². The molecule has 0 bridgehead atoms. The number of likely N-dealkylation sites (N-methyl/N-ethyl adjacent to an activating group) is 1. The van der Waals surface area contributed by atoms with Crippen LogP contribution in [0, 0.1) is 0 Å². The molecule has 6 nitrogen and oxygen atoms in total. The molecule has 1 N–H and O–H groups in total. The number of hydrogen-bond donors (Lipinski definition) is 1. The lowest BCUT2D eigenvalue weighted by molar-refractivity contribution is -0.125. The third kappa shape index (κ3) is 5.56. The van der Waals surface area contributed by atoms with E-state index >= 15 is 0 Å². The first-order chi connectivity index (χ1) is 22.1. The number of rotatable bonds is 9. The second kappa shape index (κ2) is 13.0. The van der Waals surface area contributed by atoms with Crippen molar-refractivity contribution in [2.75, 3.05) is 50.7 Å². The van der Waals surface area contributed by atoms with Crippen LogP contribution in [0.15, 0.2) is 66.7 Å². The fraction of sp³-hybridized carbons (Fsp3) is 0.487. The molecule has 2 aliphatic heterocycles. The Balaban J connectivity index is 0.964. The number of benzene rings is 3. The lowest BCUT2D eigenvalue weighted by Gasteiger charge is -2.39. The van der Waals surface area contributed by atoms with Crippen molar-refractivity contribution in [1.29, 1.82) is 0 Å². The summed E-state index contributed by atoms with van der Waals surface area (Å²) in [4.78, 5) is 34.6. The minimum absolute atomic E-state index is 0.126. The summed E-state index contributed by atoms with van der Waals surface area (Å²) in [6.07, 6.45) is 9.99. The Morgan fingerprint density at radius 2 is 1.51 bits per heavy atom. The van der Waals surface area contributed by atoms with E-state index in [9.17, 15) is 9.59 Å². The van der Waals surface area contributed by atoms with Gasteiger partial charge in [-0.05, 0) is 85.5 Å². The van der Waals surface area contributed by atoms with Gasteiger partial charge in [0.15, 0.2) is 0 Å². The maximum Gasteiger partial charge on any atom is 0.254 e. The van der Waals surface area contributed by atoms with Gasteiger partial charge in [-0.3, -0.25) is 14.5 Å². The van der Waals surface area contributed by atoms with Gasteiger partial charge in [0.25, 0.3) is 5.91 Å². The number of carbonyl (C=O) groups excluding carboxylic acids is 2. The van der Waals surface area contributed by atoms with Crippen LogP contribution in [0.1, 0.15) is 85.3 Å². The van der Waals surface area contributed by atoms with Crippen LogP contribution >= 0.6 is 0 Å². The topological polar surface area (TPSA) is 55.9 Å². The largest absolute Gasteiger partial charge is 0.369 e.